The van der Waals surface area contributed by atoms with Crippen molar-refractivity contribution in [3.8, 4) is 0 Å². The fourth-order valence-corrected chi connectivity index (χ4v) is 0.801. The minimum Gasteiger partial charge on any atom is -0.382 e. The first-order valence-corrected chi connectivity index (χ1v) is 4.31. The Labute approximate surface area is 79.4 Å². The summed E-state index contributed by atoms with van der Waals surface area (Å²) in [5.74, 6) is 0.453. The summed E-state index contributed by atoms with van der Waals surface area (Å²) < 4.78 is 0. The molecule has 0 heterocycles. The minimum absolute atomic E-state index is 0.453. The molecule has 0 radical (unpaired) electrons. The summed E-state index contributed by atoms with van der Waals surface area (Å²) in [6.45, 7) is 6.90. The number of nitrogens with two attached hydrogens (primary N) is 2. The van der Waals surface area contributed by atoms with E-state index in [4.69, 9.17) is 11.5 Å². The number of nitrogens with one attached hydrogen (secondary N) is 1. The first-order chi connectivity index (χ1) is 6.26. The summed E-state index contributed by atoms with van der Waals surface area (Å²) in [5, 5.41) is 3.10. The van der Waals surface area contributed by atoms with Gasteiger partial charge in [0.2, 0.25) is 0 Å². The lowest BCUT2D eigenvalue weighted by molar-refractivity contribution is 0.736. The van der Waals surface area contributed by atoms with Gasteiger partial charge in [-0.2, -0.15) is 0 Å². The smallest absolute Gasteiger partial charge is 0.146 e. The Morgan fingerprint density at radius 1 is 1.62 bits per heavy atom. The molecule has 0 aromatic carbocycles. The highest BCUT2D eigenvalue weighted by atomic mass is 15.0. The van der Waals surface area contributed by atoms with Gasteiger partial charge in [-0.1, -0.05) is 6.58 Å². The van der Waals surface area contributed by atoms with Crippen LogP contribution in [0, 0.1) is 0 Å². The highest BCUT2D eigenvalue weighted by Crippen LogP contribution is 1.96. The van der Waals surface area contributed by atoms with Crippen molar-refractivity contribution in [2.24, 2.45) is 16.5 Å². The average Bonchev–Trinajstić information content (AvgIpc) is 2.13. The highest BCUT2D eigenvalue weighted by molar-refractivity contribution is 5.55. The Morgan fingerprint density at radius 2 is 2.31 bits per heavy atom. The molecule has 4 heteroatoms. The van der Waals surface area contributed by atoms with E-state index in [0.29, 0.717) is 12.4 Å². The number of nitrogens with zero attached hydrogens (tertiary/aromatic N) is 1. The second-order valence-electron chi connectivity index (χ2n) is 2.46. The van der Waals surface area contributed by atoms with Gasteiger partial charge < -0.3 is 16.8 Å². The van der Waals surface area contributed by atoms with Crippen molar-refractivity contribution < 1.29 is 0 Å². The van der Waals surface area contributed by atoms with Crippen molar-refractivity contribution in [3.63, 3.8) is 0 Å². The molecule has 0 amide bonds. The van der Waals surface area contributed by atoms with Gasteiger partial charge in [-0.25, -0.2) is 4.99 Å². The zero-order valence-electron chi connectivity index (χ0n) is 8.09. The zero-order chi connectivity index (χ0) is 10.1. The monoisotopic (exact) mass is 182 g/mol. The number of rotatable bonds is 6. The molecule has 0 aliphatic rings. The minimum atomic E-state index is 0.453. The third-order valence-corrected chi connectivity index (χ3v) is 1.44. The van der Waals surface area contributed by atoms with Crippen LogP contribution in [0.1, 0.15) is 13.3 Å². The first-order valence-electron chi connectivity index (χ1n) is 4.31. The molecular weight excluding hydrogens is 164 g/mol. The molecule has 0 saturated carbocycles. The van der Waals surface area contributed by atoms with Gasteiger partial charge in [-0.15, -0.1) is 0 Å². The van der Waals surface area contributed by atoms with Crippen LogP contribution in [0.3, 0.4) is 0 Å². The molecule has 4 nitrogen and oxygen atoms in total. The molecule has 0 unspecified atom stereocenters. The molecule has 0 spiro atoms. The van der Waals surface area contributed by atoms with Gasteiger partial charge in [0.1, 0.15) is 5.82 Å². The van der Waals surface area contributed by atoms with Crippen LogP contribution in [0.2, 0.25) is 0 Å². The predicted octanol–water partition coefficient (Wildman–Crippen LogP) is 0.329. The second kappa shape index (κ2) is 7.36. The molecule has 0 bridgehead atoms. The highest BCUT2D eigenvalue weighted by Gasteiger charge is 1.95. The van der Waals surface area contributed by atoms with E-state index >= 15 is 0 Å². The van der Waals surface area contributed by atoms with E-state index in [0.717, 1.165) is 18.7 Å². The molecule has 74 valence electrons. The predicted molar refractivity (Wildman–Crippen MR) is 57.3 cm³/mol. The van der Waals surface area contributed by atoms with Crippen molar-refractivity contribution in [1.29, 1.82) is 0 Å². The first kappa shape index (κ1) is 11.7. The Kier molecular flexibility index (Phi) is 6.63. The Balaban J connectivity index is 4.15. The van der Waals surface area contributed by atoms with Crippen LogP contribution in [0.4, 0.5) is 0 Å². The Bertz CT molecular complexity index is 206. The number of allylic oxidation sites excluding steroid dienone is 1. The van der Waals surface area contributed by atoms with Crippen LogP contribution in [0.5, 0.6) is 0 Å². The fourth-order valence-electron chi connectivity index (χ4n) is 0.801. The van der Waals surface area contributed by atoms with E-state index in [1.807, 2.05) is 6.92 Å². The van der Waals surface area contributed by atoms with E-state index in [-0.39, 0.29) is 0 Å². The fraction of sp³-hybridized carbons (Fsp3) is 0.444. The van der Waals surface area contributed by atoms with Gasteiger partial charge >= 0.3 is 0 Å². The van der Waals surface area contributed by atoms with Gasteiger partial charge in [0.05, 0.1) is 5.70 Å². The molecule has 0 atom stereocenters. The van der Waals surface area contributed by atoms with Crippen molar-refractivity contribution in [2.75, 3.05) is 13.1 Å². The molecule has 0 saturated heterocycles. The molecule has 0 aliphatic heterocycles. The summed E-state index contributed by atoms with van der Waals surface area (Å²) in [6, 6.07) is 0. The van der Waals surface area contributed by atoms with Crippen LogP contribution in [0.15, 0.2) is 29.2 Å². The maximum absolute atomic E-state index is 5.64. The lowest BCUT2D eigenvalue weighted by atomic mass is 10.3. The molecule has 0 fully saturated rings. The van der Waals surface area contributed by atoms with Gasteiger partial charge in [0.25, 0.3) is 0 Å². The Morgan fingerprint density at radius 3 is 2.77 bits per heavy atom. The summed E-state index contributed by atoms with van der Waals surface area (Å²) in [7, 11) is 0. The van der Waals surface area contributed by atoms with E-state index in [9.17, 15) is 0 Å². The molecular formula is C9H18N4. The molecule has 0 aromatic heterocycles. The topological polar surface area (TPSA) is 76.4 Å². The van der Waals surface area contributed by atoms with Crippen molar-refractivity contribution >= 4 is 6.21 Å². The average molecular weight is 182 g/mol. The largest absolute Gasteiger partial charge is 0.382 e. The van der Waals surface area contributed by atoms with Crippen molar-refractivity contribution in [1.82, 2.24) is 5.32 Å². The number of hydrogen-bond acceptors (Lipinski definition) is 4. The van der Waals surface area contributed by atoms with E-state index in [1.165, 1.54) is 0 Å². The lowest BCUT2D eigenvalue weighted by Gasteiger charge is -2.07. The second-order valence-corrected chi connectivity index (χ2v) is 2.46. The standard InChI is InChI=1S/C9H18N4/c1-3-8(9(11)12-4-2)13-7-5-6-10/h3-4,13H,1,5-7,10-11H2,2H3/b9-8+,12-4?. The number of aliphatic imine (C=N–C) groups is 1. The number of hydrogen-bond donors (Lipinski definition) is 3. The molecule has 5 N–H and O–H groups in total. The summed E-state index contributed by atoms with van der Waals surface area (Å²) in [4.78, 5) is 3.94. The quantitative estimate of drug-likeness (QED) is 0.315. The van der Waals surface area contributed by atoms with Crippen LogP contribution in [0.25, 0.3) is 0 Å². The Hall–Kier alpha value is -1.29. The van der Waals surface area contributed by atoms with Gasteiger partial charge in [-0.3, -0.25) is 0 Å². The lowest BCUT2D eigenvalue weighted by Crippen LogP contribution is -2.19. The zero-order valence-corrected chi connectivity index (χ0v) is 8.09. The van der Waals surface area contributed by atoms with Gasteiger partial charge in [0.15, 0.2) is 0 Å². The normalized spacial score (nSPS) is 12.8. The van der Waals surface area contributed by atoms with Crippen LogP contribution in [-0.2, 0) is 0 Å². The maximum Gasteiger partial charge on any atom is 0.146 e. The molecule has 0 rings (SSSR count). The van der Waals surface area contributed by atoms with E-state index in [2.05, 4.69) is 16.9 Å². The van der Waals surface area contributed by atoms with E-state index < -0.39 is 0 Å². The SMILES string of the molecule is C=C/C(NCCCN)=C(/N)N=CC. The summed E-state index contributed by atoms with van der Waals surface area (Å²) >= 11 is 0. The van der Waals surface area contributed by atoms with Gasteiger partial charge in [0, 0.05) is 12.8 Å². The summed E-state index contributed by atoms with van der Waals surface area (Å²) in [5.41, 5.74) is 11.7. The third kappa shape index (κ3) is 5.03. The van der Waals surface area contributed by atoms with Crippen LogP contribution < -0.4 is 16.8 Å². The van der Waals surface area contributed by atoms with Crippen molar-refractivity contribution in [3.05, 3.63) is 24.2 Å². The van der Waals surface area contributed by atoms with E-state index in [1.54, 1.807) is 12.3 Å². The molecule has 0 aliphatic carbocycles. The molecule has 0 aromatic rings. The van der Waals surface area contributed by atoms with Crippen LogP contribution >= 0.6 is 0 Å². The van der Waals surface area contributed by atoms with Gasteiger partial charge in [-0.05, 0) is 26.0 Å². The van der Waals surface area contributed by atoms with Crippen molar-refractivity contribution in [2.45, 2.75) is 13.3 Å². The summed E-state index contributed by atoms with van der Waals surface area (Å²) in [6.07, 6.45) is 4.20. The molecule has 13 heavy (non-hydrogen) atoms. The van der Waals surface area contributed by atoms with Crippen LogP contribution in [-0.4, -0.2) is 19.3 Å². The maximum atomic E-state index is 5.64. The third-order valence-electron chi connectivity index (χ3n) is 1.44.